The Morgan fingerprint density at radius 3 is 2.71 bits per heavy atom. The van der Waals surface area contributed by atoms with E-state index in [-0.39, 0.29) is 12.1 Å². The highest BCUT2D eigenvalue weighted by Gasteiger charge is 2.15. The minimum atomic E-state index is -0.478. The second kappa shape index (κ2) is 9.53. The number of methoxy groups -OCH3 is 1. The summed E-state index contributed by atoms with van der Waals surface area (Å²) in [5, 5.41) is 0.941. The predicted molar refractivity (Wildman–Crippen MR) is 118 cm³/mol. The molecule has 0 saturated heterocycles. The summed E-state index contributed by atoms with van der Waals surface area (Å²) in [5.41, 5.74) is 0.577. The van der Waals surface area contributed by atoms with Crippen LogP contribution in [0, 0.1) is 0 Å². The molecule has 4 aromatic rings. The smallest absolute Gasteiger partial charge is 0.337 e. The molecule has 0 spiro atoms. The maximum atomic E-state index is 13.2. The van der Waals surface area contributed by atoms with Crippen molar-refractivity contribution in [1.82, 2.24) is 9.55 Å². The van der Waals surface area contributed by atoms with Crippen LogP contribution in [-0.4, -0.2) is 35.0 Å². The summed E-state index contributed by atoms with van der Waals surface area (Å²) in [6.07, 6.45) is 1.57. The van der Waals surface area contributed by atoms with E-state index in [1.165, 1.54) is 18.9 Å². The lowest BCUT2D eigenvalue weighted by Gasteiger charge is -2.13. The summed E-state index contributed by atoms with van der Waals surface area (Å²) in [7, 11) is 1.31. The molecule has 0 aliphatic carbocycles. The number of rotatable bonds is 8. The first kappa shape index (κ1) is 20.7. The molecule has 4 rings (SSSR count). The fourth-order valence-corrected chi connectivity index (χ4v) is 3.88. The van der Waals surface area contributed by atoms with Gasteiger partial charge in [-0.2, -0.15) is 0 Å². The number of furan rings is 1. The van der Waals surface area contributed by atoms with Gasteiger partial charge in [0.05, 0.1) is 43.0 Å². The summed E-state index contributed by atoms with van der Waals surface area (Å²) >= 11 is 1.41. The molecule has 0 N–H and O–H groups in total. The van der Waals surface area contributed by atoms with E-state index < -0.39 is 5.97 Å². The van der Waals surface area contributed by atoms with Crippen LogP contribution in [-0.2, 0) is 11.3 Å². The number of carbonyl (C=O) groups excluding carboxylic acids is 1. The standard InChI is InChI=1S/C23H20N2O5S/c1-28-22(27)16-9-10-19-20(14-16)24-23(25(21(19)26)15-18-8-5-11-29-18)31-13-12-30-17-6-3-2-4-7-17/h2-11,14H,12-13,15H2,1H3. The molecular formula is C23H20N2O5S. The van der Waals surface area contributed by atoms with Gasteiger partial charge in [-0.15, -0.1) is 0 Å². The van der Waals surface area contributed by atoms with Crippen molar-refractivity contribution in [2.45, 2.75) is 11.7 Å². The molecule has 0 bridgehead atoms. The van der Waals surface area contributed by atoms with Crippen molar-refractivity contribution in [1.29, 1.82) is 0 Å². The second-order valence-corrected chi connectivity index (χ2v) is 7.66. The topological polar surface area (TPSA) is 83.6 Å². The third-order valence-corrected chi connectivity index (χ3v) is 5.50. The highest BCUT2D eigenvalue weighted by Crippen LogP contribution is 2.21. The summed E-state index contributed by atoms with van der Waals surface area (Å²) < 4.78 is 17.5. The normalized spacial score (nSPS) is 10.9. The van der Waals surface area contributed by atoms with Gasteiger partial charge >= 0.3 is 5.97 Å². The number of thioether (sulfide) groups is 1. The molecule has 8 heteroatoms. The molecule has 0 fully saturated rings. The number of nitrogens with zero attached hydrogens (tertiary/aromatic N) is 2. The number of hydrogen-bond acceptors (Lipinski definition) is 7. The van der Waals surface area contributed by atoms with Gasteiger partial charge in [-0.05, 0) is 42.5 Å². The van der Waals surface area contributed by atoms with Gasteiger partial charge in [0.15, 0.2) is 5.16 Å². The van der Waals surface area contributed by atoms with Crippen LogP contribution in [0.2, 0.25) is 0 Å². The summed E-state index contributed by atoms with van der Waals surface area (Å²) in [6.45, 7) is 0.709. The number of carbonyl (C=O) groups is 1. The molecule has 31 heavy (non-hydrogen) atoms. The van der Waals surface area contributed by atoms with Crippen LogP contribution in [0.5, 0.6) is 5.75 Å². The average molecular weight is 436 g/mol. The van der Waals surface area contributed by atoms with E-state index in [0.29, 0.717) is 39.7 Å². The van der Waals surface area contributed by atoms with Crippen LogP contribution in [0.3, 0.4) is 0 Å². The first-order chi connectivity index (χ1) is 15.2. The molecule has 0 aliphatic rings. The van der Waals surface area contributed by atoms with E-state index in [9.17, 15) is 9.59 Å². The molecule has 2 aromatic heterocycles. The van der Waals surface area contributed by atoms with Crippen molar-refractivity contribution in [3.63, 3.8) is 0 Å². The van der Waals surface area contributed by atoms with E-state index in [4.69, 9.17) is 13.9 Å². The zero-order valence-electron chi connectivity index (χ0n) is 16.8. The molecule has 7 nitrogen and oxygen atoms in total. The first-order valence-corrected chi connectivity index (χ1v) is 10.6. The number of benzene rings is 2. The zero-order valence-corrected chi connectivity index (χ0v) is 17.6. The quantitative estimate of drug-likeness (QED) is 0.179. The molecule has 0 amide bonds. The van der Waals surface area contributed by atoms with Gasteiger partial charge in [0.1, 0.15) is 11.5 Å². The number of fused-ring (bicyclic) bond motifs is 1. The molecule has 0 unspecified atom stereocenters. The Balaban J connectivity index is 1.63. The predicted octanol–water partition coefficient (Wildman–Crippen LogP) is 4.00. The summed E-state index contributed by atoms with van der Waals surface area (Å²) in [6, 6.07) is 17.8. The highest BCUT2D eigenvalue weighted by molar-refractivity contribution is 7.99. The Labute approximate surface area is 182 Å². The number of para-hydroxylation sites is 1. The van der Waals surface area contributed by atoms with E-state index in [1.807, 2.05) is 36.4 Å². The SMILES string of the molecule is COC(=O)c1ccc2c(=O)n(Cc3ccco3)c(SCCOc3ccccc3)nc2c1. The van der Waals surface area contributed by atoms with Crippen LogP contribution in [0.25, 0.3) is 10.9 Å². The van der Waals surface area contributed by atoms with Crippen molar-refractivity contribution < 1.29 is 18.7 Å². The molecular weight excluding hydrogens is 416 g/mol. The zero-order chi connectivity index (χ0) is 21.6. The van der Waals surface area contributed by atoms with Crippen LogP contribution in [0.1, 0.15) is 16.1 Å². The van der Waals surface area contributed by atoms with Crippen molar-refractivity contribution in [3.05, 3.63) is 88.6 Å². The van der Waals surface area contributed by atoms with Gasteiger partial charge in [-0.3, -0.25) is 9.36 Å². The largest absolute Gasteiger partial charge is 0.493 e. The Bertz CT molecular complexity index is 1240. The minimum absolute atomic E-state index is 0.204. The monoisotopic (exact) mass is 436 g/mol. The second-order valence-electron chi connectivity index (χ2n) is 6.60. The van der Waals surface area contributed by atoms with Gasteiger partial charge in [0, 0.05) is 5.75 Å². The summed E-state index contributed by atoms with van der Waals surface area (Å²) in [4.78, 5) is 29.7. The average Bonchev–Trinajstić information content (AvgIpc) is 3.32. The molecule has 2 aromatic carbocycles. The lowest BCUT2D eigenvalue weighted by Crippen LogP contribution is -2.24. The van der Waals surface area contributed by atoms with Crippen molar-refractivity contribution in [2.24, 2.45) is 0 Å². The Morgan fingerprint density at radius 2 is 1.97 bits per heavy atom. The molecule has 2 heterocycles. The number of esters is 1. The van der Waals surface area contributed by atoms with Crippen LogP contribution >= 0.6 is 11.8 Å². The molecule has 158 valence electrons. The molecule has 0 atom stereocenters. The van der Waals surface area contributed by atoms with E-state index in [0.717, 1.165) is 5.75 Å². The lowest BCUT2D eigenvalue weighted by atomic mass is 10.1. The number of ether oxygens (including phenoxy) is 2. The maximum absolute atomic E-state index is 13.2. The fourth-order valence-electron chi connectivity index (χ4n) is 3.06. The number of hydrogen-bond donors (Lipinski definition) is 0. The van der Waals surface area contributed by atoms with E-state index >= 15 is 0 Å². The van der Waals surface area contributed by atoms with E-state index in [2.05, 4.69) is 4.98 Å². The first-order valence-electron chi connectivity index (χ1n) is 9.61. The van der Waals surface area contributed by atoms with Crippen molar-refractivity contribution >= 4 is 28.6 Å². The minimum Gasteiger partial charge on any atom is -0.493 e. The van der Waals surface area contributed by atoms with Gasteiger partial charge < -0.3 is 13.9 Å². The third-order valence-electron chi connectivity index (χ3n) is 4.56. The van der Waals surface area contributed by atoms with Gasteiger partial charge in [-0.1, -0.05) is 30.0 Å². The summed E-state index contributed by atoms with van der Waals surface area (Å²) in [5.74, 6) is 1.54. The lowest BCUT2D eigenvalue weighted by molar-refractivity contribution is 0.0601. The Hall–Kier alpha value is -3.52. The number of aromatic nitrogens is 2. The highest BCUT2D eigenvalue weighted by atomic mass is 32.2. The Morgan fingerprint density at radius 1 is 1.13 bits per heavy atom. The van der Waals surface area contributed by atoms with Gasteiger partial charge in [0.25, 0.3) is 5.56 Å². The molecule has 0 saturated carbocycles. The van der Waals surface area contributed by atoms with Crippen molar-refractivity contribution in [2.75, 3.05) is 19.5 Å². The maximum Gasteiger partial charge on any atom is 0.337 e. The third kappa shape index (κ3) is 4.80. The van der Waals surface area contributed by atoms with Crippen molar-refractivity contribution in [3.8, 4) is 5.75 Å². The van der Waals surface area contributed by atoms with E-state index in [1.54, 1.807) is 35.1 Å². The molecule has 0 aliphatic heterocycles. The van der Waals surface area contributed by atoms with Crippen LogP contribution < -0.4 is 10.3 Å². The molecule has 0 radical (unpaired) electrons. The van der Waals surface area contributed by atoms with Gasteiger partial charge in [0.2, 0.25) is 0 Å². The van der Waals surface area contributed by atoms with Gasteiger partial charge in [-0.25, -0.2) is 9.78 Å². The van der Waals surface area contributed by atoms with Crippen LogP contribution in [0.15, 0.2) is 81.3 Å². The fraction of sp³-hybridized carbons (Fsp3) is 0.174. The Kier molecular flexibility index (Phi) is 6.37. The van der Waals surface area contributed by atoms with Crippen LogP contribution in [0.4, 0.5) is 0 Å².